The zero-order valence-electron chi connectivity index (χ0n) is 16.0. The zero-order valence-corrected chi connectivity index (χ0v) is 16.0. The van der Waals surface area contributed by atoms with Crippen molar-refractivity contribution in [2.45, 2.75) is 116 Å². The van der Waals surface area contributed by atoms with Crippen molar-refractivity contribution >= 4 is 6.16 Å². The molecule has 1 fully saturated rings. The second-order valence-corrected chi connectivity index (χ2v) is 7.15. The van der Waals surface area contributed by atoms with Crippen LogP contribution in [0.15, 0.2) is 5.11 Å². The maximum atomic E-state index is 11.5. The average molecular weight is 354 g/mol. The summed E-state index contributed by atoms with van der Waals surface area (Å²) in [6.07, 6.45) is 14.7. The van der Waals surface area contributed by atoms with E-state index >= 15 is 0 Å². The first kappa shape index (κ1) is 21.6. The van der Waals surface area contributed by atoms with E-state index in [-0.39, 0.29) is 18.2 Å². The van der Waals surface area contributed by atoms with Crippen LogP contribution in [0.4, 0.5) is 4.79 Å². The van der Waals surface area contributed by atoms with Gasteiger partial charge in [-0.25, -0.2) is 4.79 Å². The fourth-order valence-corrected chi connectivity index (χ4v) is 3.31. The fraction of sp³-hybridized carbons (Fsp3) is 0.947. The Labute approximate surface area is 152 Å². The first-order chi connectivity index (χ1) is 12.2. The van der Waals surface area contributed by atoms with Crippen molar-refractivity contribution in [1.29, 1.82) is 0 Å². The summed E-state index contributed by atoms with van der Waals surface area (Å²) in [5.41, 5.74) is 8.50. The number of ether oxygens (including phenoxy) is 2. The Hall–Kier alpha value is -1.42. The number of hydrogen-bond acceptors (Lipinski definition) is 4. The van der Waals surface area contributed by atoms with Crippen LogP contribution in [-0.4, -0.2) is 24.4 Å². The van der Waals surface area contributed by atoms with Crippen molar-refractivity contribution in [2.75, 3.05) is 0 Å². The van der Waals surface area contributed by atoms with Crippen molar-refractivity contribution in [1.82, 2.24) is 0 Å². The van der Waals surface area contributed by atoms with Crippen LogP contribution in [0, 0.1) is 0 Å². The van der Waals surface area contributed by atoms with Gasteiger partial charge < -0.3 is 9.47 Å². The third kappa shape index (κ3) is 10.2. The van der Waals surface area contributed by atoms with Crippen molar-refractivity contribution < 1.29 is 14.3 Å². The smallest absolute Gasteiger partial charge is 0.431 e. The van der Waals surface area contributed by atoms with E-state index in [2.05, 4.69) is 16.9 Å². The van der Waals surface area contributed by atoms with Gasteiger partial charge in [0.1, 0.15) is 12.2 Å². The summed E-state index contributed by atoms with van der Waals surface area (Å²) >= 11 is 0. The lowest BCUT2D eigenvalue weighted by Crippen LogP contribution is -2.39. The molecule has 1 aliphatic rings. The molecule has 1 rings (SSSR count). The molecule has 0 aliphatic carbocycles. The Morgan fingerprint density at radius 3 is 2.16 bits per heavy atom. The number of carbonyl (C=O) groups is 1. The second kappa shape index (κ2) is 13.8. The SMILES string of the molecule is CCCCCCCCCCCCC[C@@H]1C[C@@H]([C@H](C)N=[N+]=[N-])OC(=O)O1. The Kier molecular flexibility index (Phi) is 12.0. The van der Waals surface area contributed by atoms with Crippen molar-refractivity contribution in [3.8, 4) is 0 Å². The van der Waals surface area contributed by atoms with Crippen molar-refractivity contribution in [3.05, 3.63) is 10.4 Å². The van der Waals surface area contributed by atoms with Gasteiger partial charge in [0, 0.05) is 11.3 Å². The Balaban J connectivity index is 2.03. The first-order valence-electron chi connectivity index (χ1n) is 10.1. The van der Waals surface area contributed by atoms with Gasteiger partial charge in [0.05, 0.1) is 6.04 Å². The monoisotopic (exact) mass is 353 g/mol. The van der Waals surface area contributed by atoms with E-state index in [4.69, 9.17) is 15.0 Å². The maximum Gasteiger partial charge on any atom is 0.508 e. The number of nitrogens with zero attached hydrogens (tertiary/aromatic N) is 3. The Bertz CT molecular complexity index is 411. The quantitative estimate of drug-likeness (QED) is 0.115. The molecule has 0 aromatic heterocycles. The van der Waals surface area contributed by atoms with Gasteiger partial charge in [0.25, 0.3) is 0 Å². The van der Waals surface area contributed by atoms with Gasteiger partial charge in [-0.2, -0.15) is 0 Å². The van der Waals surface area contributed by atoms with E-state index in [0.717, 1.165) is 12.8 Å². The molecule has 0 aromatic rings. The van der Waals surface area contributed by atoms with E-state index in [1.165, 1.54) is 64.2 Å². The minimum atomic E-state index is -0.635. The standard InChI is InChI=1S/C19H35N3O3/c1-3-4-5-6-7-8-9-10-11-12-13-14-17-15-18(16(2)21-22-20)25-19(23)24-17/h16-18H,3-15H2,1-2H3/t16-,17+,18-/m0/s1. The Morgan fingerprint density at radius 2 is 1.60 bits per heavy atom. The normalized spacial score (nSPS) is 21.1. The predicted octanol–water partition coefficient (Wildman–Crippen LogP) is 6.68. The molecule has 3 atom stereocenters. The zero-order chi connectivity index (χ0) is 18.3. The number of hydrogen-bond donors (Lipinski definition) is 0. The number of carbonyl (C=O) groups excluding carboxylic acids is 1. The molecular weight excluding hydrogens is 318 g/mol. The molecule has 0 spiro atoms. The molecule has 0 bridgehead atoms. The van der Waals surface area contributed by atoms with E-state index in [0.29, 0.717) is 6.42 Å². The third-order valence-electron chi connectivity index (χ3n) is 4.91. The lowest BCUT2D eigenvalue weighted by atomic mass is 9.99. The molecule has 1 heterocycles. The van der Waals surface area contributed by atoms with E-state index < -0.39 is 6.16 Å². The fourth-order valence-electron chi connectivity index (χ4n) is 3.31. The highest BCUT2D eigenvalue weighted by Gasteiger charge is 2.32. The maximum absolute atomic E-state index is 11.5. The number of unbranched alkanes of at least 4 members (excludes halogenated alkanes) is 10. The van der Waals surface area contributed by atoms with Gasteiger partial charge in [-0.3, -0.25) is 0 Å². The molecule has 0 saturated carbocycles. The third-order valence-corrected chi connectivity index (χ3v) is 4.91. The van der Waals surface area contributed by atoms with Gasteiger partial charge >= 0.3 is 6.16 Å². The summed E-state index contributed by atoms with van der Waals surface area (Å²) in [5, 5.41) is 3.63. The summed E-state index contributed by atoms with van der Waals surface area (Å²) in [4.78, 5) is 14.3. The van der Waals surface area contributed by atoms with E-state index in [1.807, 2.05) is 0 Å². The highest BCUT2D eigenvalue weighted by atomic mass is 16.7. The Morgan fingerprint density at radius 1 is 1.04 bits per heavy atom. The van der Waals surface area contributed by atoms with Gasteiger partial charge in [0.2, 0.25) is 0 Å². The minimum Gasteiger partial charge on any atom is -0.431 e. The lowest BCUT2D eigenvalue weighted by molar-refractivity contribution is -0.0678. The lowest BCUT2D eigenvalue weighted by Gasteiger charge is -2.30. The van der Waals surface area contributed by atoms with Crippen LogP contribution >= 0.6 is 0 Å². The molecular formula is C19H35N3O3. The van der Waals surface area contributed by atoms with Gasteiger partial charge in [0.15, 0.2) is 0 Å². The van der Waals surface area contributed by atoms with E-state index in [1.54, 1.807) is 6.92 Å². The molecule has 6 nitrogen and oxygen atoms in total. The summed E-state index contributed by atoms with van der Waals surface area (Å²) in [5.74, 6) is 0. The number of rotatable bonds is 14. The van der Waals surface area contributed by atoms with Gasteiger partial charge in [-0.1, -0.05) is 83.2 Å². The van der Waals surface area contributed by atoms with Crippen LogP contribution in [0.5, 0.6) is 0 Å². The van der Waals surface area contributed by atoms with Crippen molar-refractivity contribution in [2.24, 2.45) is 5.11 Å². The summed E-state index contributed by atoms with van der Waals surface area (Å²) < 4.78 is 10.4. The second-order valence-electron chi connectivity index (χ2n) is 7.15. The van der Waals surface area contributed by atoms with Crippen LogP contribution in [-0.2, 0) is 9.47 Å². The molecule has 0 amide bonds. The highest BCUT2D eigenvalue weighted by molar-refractivity contribution is 5.61. The van der Waals surface area contributed by atoms with Crippen LogP contribution < -0.4 is 0 Å². The largest absolute Gasteiger partial charge is 0.508 e. The molecule has 1 saturated heterocycles. The van der Waals surface area contributed by atoms with Gasteiger partial charge in [-0.15, -0.1) is 0 Å². The molecule has 6 heteroatoms. The molecule has 0 radical (unpaired) electrons. The number of cyclic esters (lactones) is 2. The molecule has 0 aromatic carbocycles. The van der Waals surface area contributed by atoms with Crippen molar-refractivity contribution in [3.63, 3.8) is 0 Å². The predicted molar refractivity (Wildman–Crippen MR) is 99.4 cm³/mol. The van der Waals surface area contributed by atoms with Crippen LogP contribution in [0.2, 0.25) is 0 Å². The minimum absolute atomic E-state index is 0.110. The highest BCUT2D eigenvalue weighted by Crippen LogP contribution is 2.23. The van der Waals surface area contributed by atoms with Crippen LogP contribution in [0.25, 0.3) is 10.4 Å². The molecule has 0 N–H and O–H groups in total. The molecule has 144 valence electrons. The van der Waals surface area contributed by atoms with E-state index in [9.17, 15) is 4.79 Å². The summed E-state index contributed by atoms with van der Waals surface area (Å²) in [7, 11) is 0. The molecule has 0 unspecified atom stereocenters. The van der Waals surface area contributed by atoms with Crippen LogP contribution in [0.3, 0.4) is 0 Å². The number of azide groups is 1. The summed E-state index contributed by atoms with van der Waals surface area (Å²) in [6, 6.07) is -0.349. The van der Waals surface area contributed by atoms with Gasteiger partial charge in [-0.05, 0) is 18.4 Å². The summed E-state index contributed by atoms with van der Waals surface area (Å²) in [6.45, 7) is 4.02. The molecule has 25 heavy (non-hydrogen) atoms. The topological polar surface area (TPSA) is 84.3 Å². The van der Waals surface area contributed by atoms with Crippen LogP contribution in [0.1, 0.15) is 97.3 Å². The molecule has 1 aliphatic heterocycles. The average Bonchev–Trinajstić information content (AvgIpc) is 2.59. The first-order valence-corrected chi connectivity index (χ1v) is 10.1.